The SMILES string of the molecule is NC(c1ccc2cccnc2c1)C1CC1c1ccccc1. The zero-order valence-electron chi connectivity index (χ0n) is 11.8. The van der Waals surface area contributed by atoms with E-state index in [1.807, 2.05) is 12.3 Å². The molecule has 3 atom stereocenters. The lowest BCUT2D eigenvalue weighted by molar-refractivity contribution is 0.616. The number of benzene rings is 2. The summed E-state index contributed by atoms with van der Waals surface area (Å²) in [5, 5.41) is 1.17. The summed E-state index contributed by atoms with van der Waals surface area (Å²) in [4.78, 5) is 4.43. The first-order chi connectivity index (χ1) is 10.3. The van der Waals surface area contributed by atoms with Gasteiger partial charge in [0.1, 0.15) is 0 Å². The molecule has 1 saturated carbocycles. The fourth-order valence-electron chi connectivity index (χ4n) is 3.23. The van der Waals surface area contributed by atoms with Gasteiger partial charge in [-0.3, -0.25) is 4.98 Å². The maximum Gasteiger partial charge on any atom is 0.0705 e. The topological polar surface area (TPSA) is 38.9 Å². The molecule has 104 valence electrons. The van der Waals surface area contributed by atoms with Crippen LogP contribution in [0, 0.1) is 5.92 Å². The lowest BCUT2D eigenvalue weighted by Crippen LogP contribution is -2.13. The van der Waals surface area contributed by atoms with Gasteiger partial charge in [0.15, 0.2) is 0 Å². The number of rotatable bonds is 3. The number of fused-ring (bicyclic) bond motifs is 1. The standard InChI is InChI=1S/C19H18N2/c20-19(17-12-16(17)13-5-2-1-3-6-13)15-9-8-14-7-4-10-21-18(14)11-15/h1-11,16-17,19H,12,20H2. The molecule has 1 aliphatic rings. The first kappa shape index (κ1) is 12.5. The molecule has 4 rings (SSSR count). The third-order valence-corrected chi connectivity index (χ3v) is 4.54. The minimum Gasteiger partial charge on any atom is -0.324 e. The predicted molar refractivity (Wildman–Crippen MR) is 86.0 cm³/mol. The molecule has 0 radical (unpaired) electrons. The largest absolute Gasteiger partial charge is 0.324 e. The fraction of sp³-hybridized carbons (Fsp3) is 0.211. The van der Waals surface area contributed by atoms with Crippen molar-refractivity contribution >= 4 is 10.9 Å². The zero-order valence-corrected chi connectivity index (χ0v) is 11.8. The molecule has 0 aliphatic heterocycles. The summed E-state index contributed by atoms with van der Waals surface area (Å²) in [6.45, 7) is 0. The van der Waals surface area contributed by atoms with E-state index in [1.165, 1.54) is 22.9 Å². The Bertz CT molecular complexity index is 767. The van der Waals surface area contributed by atoms with E-state index in [9.17, 15) is 0 Å². The summed E-state index contributed by atoms with van der Waals surface area (Å²) in [5.74, 6) is 1.16. The van der Waals surface area contributed by atoms with E-state index < -0.39 is 0 Å². The summed E-state index contributed by atoms with van der Waals surface area (Å²) < 4.78 is 0. The van der Waals surface area contributed by atoms with E-state index in [2.05, 4.69) is 59.6 Å². The highest BCUT2D eigenvalue weighted by Crippen LogP contribution is 2.53. The van der Waals surface area contributed by atoms with E-state index >= 15 is 0 Å². The van der Waals surface area contributed by atoms with Crippen LogP contribution in [0.3, 0.4) is 0 Å². The molecule has 0 amide bonds. The molecular formula is C19H18N2. The van der Waals surface area contributed by atoms with Crippen molar-refractivity contribution in [1.29, 1.82) is 0 Å². The molecule has 2 N–H and O–H groups in total. The Kier molecular flexibility index (Phi) is 2.97. The highest BCUT2D eigenvalue weighted by molar-refractivity contribution is 5.79. The van der Waals surface area contributed by atoms with Crippen molar-refractivity contribution in [3.05, 3.63) is 78.0 Å². The average molecular weight is 274 g/mol. The second kappa shape index (κ2) is 4.97. The highest BCUT2D eigenvalue weighted by Gasteiger charge is 2.42. The Labute approximate surface area is 124 Å². The molecule has 0 spiro atoms. The number of hydrogen-bond acceptors (Lipinski definition) is 2. The Morgan fingerprint density at radius 3 is 2.71 bits per heavy atom. The summed E-state index contributed by atoms with van der Waals surface area (Å²) >= 11 is 0. The fourth-order valence-corrected chi connectivity index (χ4v) is 3.23. The number of nitrogens with two attached hydrogens (primary N) is 1. The number of hydrogen-bond donors (Lipinski definition) is 1. The van der Waals surface area contributed by atoms with Gasteiger partial charge in [-0.1, -0.05) is 48.5 Å². The van der Waals surface area contributed by atoms with Crippen molar-refractivity contribution in [2.45, 2.75) is 18.4 Å². The second-order valence-corrected chi connectivity index (χ2v) is 5.90. The van der Waals surface area contributed by atoms with E-state index in [4.69, 9.17) is 5.73 Å². The van der Waals surface area contributed by atoms with Crippen LogP contribution in [0.15, 0.2) is 66.9 Å². The van der Waals surface area contributed by atoms with Crippen LogP contribution in [0.4, 0.5) is 0 Å². The molecule has 1 fully saturated rings. The summed E-state index contributed by atoms with van der Waals surface area (Å²) in [6.07, 6.45) is 3.02. The maximum atomic E-state index is 6.49. The molecule has 2 aromatic carbocycles. The van der Waals surface area contributed by atoms with Crippen LogP contribution in [0.25, 0.3) is 10.9 Å². The first-order valence-electron chi connectivity index (χ1n) is 7.48. The van der Waals surface area contributed by atoms with Gasteiger partial charge in [-0.15, -0.1) is 0 Å². The molecule has 1 aliphatic carbocycles. The zero-order chi connectivity index (χ0) is 14.2. The monoisotopic (exact) mass is 274 g/mol. The van der Waals surface area contributed by atoms with Crippen molar-refractivity contribution in [2.75, 3.05) is 0 Å². The van der Waals surface area contributed by atoms with Gasteiger partial charge in [0.25, 0.3) is 0 Å². The van der Waals surface area contributed by atoms with Crippen molar-refractivity contribution < 1.29 is 0 Å². The quantitative estimate of drug-likeness (QED) is 0.783. The second-order valence-electron chi connectivity index (χ2n) is 5.90. The van der Waals surface area contributed by atoms with Gasteiger partial charge >= 0.3 is 0 Å². The summed E-state index contributed by atoms with van der Waals surface area (Å²) in [5.41, 5.74) is 10.1. The lowest BCUT2D eigenvalue weighted by atomic mass is 9.98. The van der Waals surface area contributed by atoms with Gasteiger partial charge in [-0.05, 0) is 41.5 Å². The van der Waals surface area contributed by atoms with Crippen LogP contribution in [0.2, 0.25) is 0 Å². The van der Waals surface area contributed by atoms with Crippen molar-refractivity contribution in [3.8, 4) is 0 Å². The van der Waals surface area contributed by atoms with Crippen LogP contribution in [0.5, 0.6) is 0 Å². The van der Waals surface area contributed by atoms with Gasteiger partial charge in [0, 0.05) is 17.6 Å². The molecule has 1 aromatic heterocycles. The van der Waals surface area contributed by atoms with Crippen LogP contribution in [-0.4, -0.2) is 4.98 Å². The van der Waals surface area contributed by atoms with Crippen molar-refractivity contribution in [1.82, 2.24) is 4.98 Å². The molecule has 3 aromatic rings. The normalized spacial score (nSPS) is 22.1. The van der Waals surface area contributed by atoms with Gasteiger partial charge in [0.2, 0.25) is 0 Å². The molecule has 2 nitrogen and oxygen atoms in total. The molecule has 1 heterocycles. The maximum absolute atomic E-state index is 6.49. The Morgan fingerprint density at radius 2 is 1.86 bits per heavy atom. The smallest absolute Gasteiger partial charge is 0.0705 e. The van der Waals surface area contributed by atoms with E-state index in [0.29, 0.717) is 11.8 Å². The summed E-state index contributed by atoms with van der Waals surface area (Å²) in [6, 6.07) is 21.3. The minimum atomic E-state index is 0.0987. The van der Waals surface area contributed by atoms with E-state index in [0.717, 1.165) is 5.52 Å². The molecule has 0 saturated heterocycles. The van der Waals surface area contributed by atoms with Crippen molar-refractivity contribution in [3.63, 3.8) is 0 Å². The molecular weight excluding hydrogens is 256 g/mol. The lowest BCUT2D eigenvalue weighted by Gasteiger charge is -2.13. The Morgan fingerprint density at radius 1 is 1.00 bits per heavy atom. The third-order valence-electron chi connectivity index (χ3n) is 4.54. The van der Waals surface area contributed by atoms with E-state index in [-0.39, 0.29) is 6.04 Å². The number of aromatic nitrogens is 1. The van der Waals surface area contributed by atoms with Crippen LogP contribution < -0.4 is 5.73 Å². The van der Waals surface area contributed by atoms with Gasteiger partial charge in [-0.25, -0.2) is 0 Å². The van der Waals surface area contributed by atoms with Crippen molar-refractivity contribution in [2.24, 2.45) is 11.7 Å². The molecule has 0 bridgehead atoms. The van der Waals surface area contributed by atoms with Crippen LogP contribution in [0.1, 0.15) is 29.5 Å². The van der Waals surface area contributed by atoms with Gasteiger partial charge in [0.05, 0.1) is 5.52 Å². The Hall–Kier alpha value is -2.19. The number of nitrogens with zero attached hydrogens (tertiary/aromatic N) is 1. The third kappa shape index (κ3) is 2.32. The van der Waals surface area contributed by atoms with Gasteiger partial charge in [-0.2, -0.15) is 0 Å². The molecule has 3 unspecified atom stereocenters. The first-order valence-corrected chi connectivity index (χ1v) is 7.48. The Balaban J connectivity index is 1.58. The molecule has 21 heavy (non-hydrogen) atoms. The molecule has 2 heteroatoms. The highest BCUT2D eigenvalue weighted by atomic mass is 14.7. The number of pyridine rings is 1. The van der Waals surface area contributed by atoms with E-state index in [1.54, 1.807) is 0 Å². The van der Waals surface area contributed by atoms with Crippen LogP contribution >= 0.6 is 0 Å². The minimum absolute atomic E-state index is 0.0987. The van der Waals surface area contributed by atoms with Gasteiger partial charge < -0.3 is 5.73 Å². The average Bonchev–Trinajstić information content (AvgIpc) is 3.35. The van der Waals surface area contributed by atoms with Crippen LogP contribution in [-0.2, 0) is 0 Å². The predicted octanol–water partition coefficient (Wildman–Crippen LogP) is 4.04. The summed E-state index contributed by atoms with van der Waals surface area (Å²) in [7, 11) is 0.